The number of nitrogens with two attached hydrogens (primary N) is 1. The van der Waals surface area contributed by atoms with Crippen LogP contribution in [0.3, 0.4) is 0 Å². The Hall–Kier alpha value is -1.85. The zero-order valence-corrected chi connectivity index (χ0v) is 12.2. The summed E-state index contributed by atoms with van der Waals surface area (Å²) >= 11 is 0. The number of anilines is 2. The maximum Gasteiger partial charge on any atom is 0.223 e. The van der Waals surface area contributed by atoms with Crippen molar-refractivity contribution in [3.63, 3.8) is 0 Å². The molecule has 0 aromatic carbocycles. The highest BCUT2D eigenvalue weighted by Gasteiger charge is 2.09. The number of nitrogen functional groups attached to an aromatic ring is 1. The van der Waals surface area contributed by atoms with Gasteiger partial charge in [0.25, 0.3) is 0 Å². The number of nitrogens with one attached hydrogen (secondary N) is 1. The van der Waals surface area contributed by atoms with Crippen molar-refractivity contribution in [2.24, 2.45) is 0 Å². The Morgan fingerprint density at radius 1 is 1.37 bits per heavy atom. The number of aromatic nitrogens is 2. The Labute approximate surface area is 114 Å². The second-order valence-electron chi connectivity index (χ2n) is 4.71. The van der Waals surface area contributed by atoms with Gasteiger partial charge in [0.2, 0.25) is 5.91 Å². The highest BCUT2D eigenvalue weighted by atomic mass is 16.2. The first-order chi connectivity index (χ1) is 8.95. The molecule has 1 heterocycles. The Morgan fingerprint density at radius 2 is 2.05 bits per heavy atom. The van der Waals surface area contributed by atoms with Crippen LogP contribution in [0.15, 0.2) is 0 Å². The van der Waals surface area contributed by atoms with Crippen molar-refractivity contribution in [3.05, 3.63) is 11.4 Å². The summed E-state index contributed by atoms with van der Waals surface area (Å²) in [7, 11) is 3.49. The summed E-state index contributed by atoms with van der Waals surface area (Å²) in [5.74, 6) is 2.05. The first-order valence-electron chi connectivity index (χ1n) is 6.52. The van der Waals surface area contributed by atoms with E-state index in [1.165, 1.54) is 0 Å². The quantitative estimate of drug-likeness (QED) is 0.807. The minimum absolute atomic E-state index is 0.0842. The number of nitrogens with zero attached hydrogens (tertiary/aromatic N) is 3. The monoisotopic (exact) mass is 265 g/mol. The highest BCUT2D eigenvalue weighted by Crippen LogP contribution is 2.17. The van der Waals surface area contributed by atoms with E-state index in [1.807, 2.05) is 6.92 Å². The van der Waals surface area contributed by atoms with E-state index in [1.54, 1.807) is 19.0 Å². The predicted molar refractivity (Wildman–Crippen MR) is 77.0 cm³/mol. The van der Waals surface area contributed by atoms with Crippen molar-refractivity contribution in [1.82, 2.24) is 14.9 Å². The van der Waals surface area contributed by atoms with Gasteiger partial charge in [-0.15, -0.1) is 0 Å². The summed E-state index contributed by atoms with van der Waals surface area (Å²) in [6.45, 7) is 4.49. The normalized spacial score (nSPS) is 10.3. The fourth-order valence-electron chi connectivity index (χ4n) is 1.60. The van der Waals surface area contributed by atoms with Crippen molar-refractivity contribution in [2.45, 2.75) is 33.1 Å². The van der Waals surface area contributed by atoms with Gasteiger partial charge in [0, 0.05) is 39.0 Å². The van der Waals surface area contributed by atoms with Crippen molar-refractivity contribution in [2.75, 3.05) is 31.7 Å². The standard InChI is InChI=1S/C13H23N5O/c1-5-6-10-16-12(14)9(2)13(17-10)15-8-7-11(19)18(3)4/h5-8H2,1-4H3,(H3,14,15,16,17). The second-order valence-corrected chi connectivity index (χ2v) is 4.71. The van der Waals surface area contributed by atoms with Gasteiger partial charge in [0.05, 0.1) is 0 Å². The van der Waals surface area contributed by atoms with Crippen LogP contribution < -0.4 is 11.1 Å². The van der Waals surface area contributed by atoms with Crippen molar-refractivity contribution >= 4 is 17.5 Å². The van der Waals surface area contributed by atoms with Gasteiger partial charge in [-0.3, -0.25) is 4.79 Å². The lowest BCUT2D eigenvalue weighted by molar-refractivity contribution is -0.128. The van der Waals surface area contributed by atoms with Crippen molar-refractivity contribution in [3.8, 4) is 0 Å². The average molecular weight is 265 g/mol. The number of rotatable bonds is 6. The number of amides is 1. The van der Waals surface area contributed by atoms with Gasteiger partial charge in [-0.05, 0) is 13.3 Å². The van der Waals surface area contributed by atoms with Crippen LogP contribution in [0.5, 0.6) is 0 Å². The second kappa shape index (κ2) is 6.92. The third kappa shape index (κ3) is 4.39. The van der Waals surface area contributed by atoms with Crippen LogP contribution in [0.1, 0.15) is 31.2 Å². The summed E-state index contributed by atoms with van der Waals surface area (Å²) in [6.07, 6.45) is 2.20. The summed E-state index contributed by atoms with van der Waals surface area (Å²) in [6, 6.07) is 0. The van der Waals surface area contributed by atoms with E-state index in [2.05, 4.69) is 22.2 Å². The molecule has 0 aliphatic rings. The number of hydrogen-bond donors (Lipinski definition) is 2. The molecule has 106 valence electrons. The van der Waals surface area contributed by atoms with E-state index in [0.717, 1.165) is 30.0 Å². The molecule has 0 spiro atoms. The van der Waals surface area contributed by atoms with Crippen LogP contribution in [-0.2, 0) is 11.2 Å². The van der Waals surface area contributed by atoms with Gasteiger partial charge in [0.15, 0.2) is 0 Å². The van der Waals surface area contributed by atoms with E-state index >= 15 is 0 Å². The van der Waals surface area contributed by atoms with E-state index < -0.39 is 0 Å². The summed E-state index contributed by atoms with van der Waals surface area (Å²) in [5.41, 5.74) is 6.70. The molecule has 0 atom stereocenters. The van der Waals surface area contributed by atoms with Crippen LogP contribution in [-0.4, -0.2) is 41.4 Å². The molecule has 3 N–H and O–H groups in total. The van der Waals surface area contributed by atoms with Crippen molar-refractivity contribution < 1.29 is 4.79 Å². The predicted octanol–water partition coefficient (Wildman–Crippen LogP) is 1.21. The number of aryl methyl sites for hydroxylation is 1. The van der Waals surface area contributed by atoms with Gasteiger partial charge in [0.1, 0.15) is 17.5 Å². The Balaban J connectivity index is 2.69. The molecule has 1 amide bonds. The highest BCUT2D eigenvalue weighted by molar-refractivity contribution is 5.76. The molecular weight excluding hydrogens is 242 g/mol. The summed E-state index contributed by atoms with van der Waals surface area (Å²) < 4.78 is 0. The molecule has 0 saturated heterocycles. The first kappa shape index (κ1) is 15.2. The molecule has 6 nitrogen and oxygen atoms in total. The molecular formula is C13H23N5O. The van der Waals surface area contributed by atoms with E-state index in [0.29, 0.717) is 18.8 Å². The van der Waals surface area contributed by atoms with Crippen LogP contribution >= 0.6 is 0 Å². The smallest absolute Gasteiger partial charge is 0.223 e. The molecule has 19 heavy (non-hydrogen) atoms. The van der Waals surface area contributed by atoms with E-state index in [4.69, 9.17) is 5.73 Å². The molecule has 1 rings (SSSR count). The number of hydrogen-bond acceptors (Lipinski definition) is 5. The van der Waals surface area contributed by atoms with E-state index in [9.17, 15) is 4.79 Å². The fraction of sp³-hybridized carbons (Fsp3) is 0.615. The molecule has 0 radical (unpaired) electrons. The van der Waals surface area contributed by atoms with Crippen LogP contribution in [0.25, 0.3) is 0 Å². The Morgan fingerprint density at radius 3 is 2.63 bits per heavy atom. The molecule has 0 aliphatic heterocycles. The molecule has 1 aromatic rings. The maximum absolute atomic E-state index is 11.5. The largest absolute Gasteiger partial charge is 0.383 e. The molecule has 0 fully saturated rings. The summed E-state index contributed by atoms with van der Waals surface area (Å²) in [5, 5.41) is 3.16. The minimum Gasteiger partial charge on any atom is -0.383 e. The number of carbonyl (C=O) groups excluding carboxylic acids is 1. The lowest BCUT2D eigenvalue weighted by Crippen LogP contribution is -2.24. The lowest BCUT2D eigenvalue weighted by Gasteiger charge is -2.13. The van der Waals surface area contributed by atoms with Crippen LogP contribution in [0, 0.1) is 6.92 Å². The SMILES string of the molecule is CCCc1nc(N)c(C)c(NCCC(=O)N(C)C)n1. The topological polar surface area (TPSA) is 84.1 Å². The minimum atomic E-state index is 0.0842. The zero-order chi connectivity index (χ0) is 14.4. The van der Waals surface area contributed by atoms with Crippen molar-refractivity contribution in [1.29, 1.82) is 0 Å². The molecule has 0 saturated carbocycles. The van der Waals surface area contributed by atoms with Gasteiger partial charge < -0.3 is 16.0 Å². The van der Waals surface area contributed by atoms with Gasteiger partial charge in [-0.2, -0.15) is 0 Å². The molecule has 6 heteroatoms. The zero-order valence-electron chi connectivity index (χ0n) is 12.2. The molecule has 0 bridgehead atoms. The Kier molecular flexibility index (Phi) is 5.54. The van der Waals surface area contributed by atoms with Gasteiger partial charge in [-0.1, -0.05) is 6.92 Å². The van der Waals surface area contributed by atoms with Crippen LogP contribution in [0.2, 0.25) is 0 Å². The Bertz CT molecular complexity index is 445. The maximum atomic E-state index is 11.5. The van der Waals surface area contributed by atoms with Crippen LogP contribution in [0.4, 0.5) is 11.6 Å². The molecule has 1 aromatic heterocycles. The van der Waals surface area contributed by atoms with Gasteiger partial charge in [-0.25, -0.2) is 9.97 Å². The molecule has 0 aliphatic carbocycles. The van der Waals surface area contributed by atoms with Gasteiger partial charge >= 0.3 is 0 Å². The molecule has 0 unspecified atom stereocenters. The third-order valence-electron chi connectivity index (χ3n) is 2.83. The first-order valence-corrected chi connectivity index (χ1v) is 6.52. The fourth-order valence-corrected chi connectivity index (χ4v) is 1.60. The van der Waals surface area contributed by atoms with E-state index in [-0.39, 0.29) is 5.91 Å². The lowest BCUT2D eigenvalue weighted by atomic mass is 10.2. The summed E-state index contributed by atoms with van der Waals surface area (Å²) in [4.78, 5) is 21.7. The third-order valence-corrected chi connectivity index (χ3v) is 2.83. The number of carbonyl (C=O) groups is 1. The average Bonchev–Trinajstić information content (AvgIpc) is 2.35.